The van der Waals surface area contributed by atoms with Crippen molar-refractivity contribution in [2.45, 2.75) is 0 Å². The summed E-state index contributed by atoms with van der Waals surface area (Å²) in [5.41, 5.74) is 5.61. The van der Waals surface area contributed by atoms with Gasteiger partial charge in [-0.3, -0.25) is 4.72 Å². The van der Waals surface area contributed by atoms with Gasteiger partial charge < -0.3 is 15.2 Å². The van der Waals surface area contributed by atoms with E-state index in [9.17, 15) is 8.42 Å². The molecule has 0 radical (unpaired) electrons. The summed E-state index contributed by atoms with van der Waals surface area (Å²) in [6.45, 7) is 0.568. The molecule has 1 aromatic carbocycles. The fourth-order valence-corrected chi connectivity index (χ4v) is 2.24. The van der Waals surface area contributed by atoms with Gasteiger partial charge in [-0.2, -0.15) is 13.1 Å². The number of hydrogen-bond acceptors (Lipinski definition) is 5. The lowest BCUT2D eigenvalue weighted by Gasteiger charge is -2.08. The molecule has 0 bridgehead atoms. The van der Waals surface area contributed by atoms with Crippen LogP contribution in [0.15, 0.2) is 18.2 Å². The normalized spacial score (nSPS) is 13.7. The van der Waals surface area contributed by atoms with Gasteiger partial charge in [0.25, 0.3) is 10.2 Å². The number of nitrogens with two attached hydrogens (primary N) is 1. The van der Waals surface area contributed by atoms with Crippen LogP contribution in [0.3, 0.4) is 0 Å². The monoisotopic (exact) mass is 259 g/mol. The van der Waals surface area contributed by atoms with Gasteiger partial charge in [0.05, 0.1) is 5.69 Å². The Kier molecular flexibility index (Phi) is 3.36. The Hall–Kier alpha value is -1.51. The van der Waals surface area contributed by atoms with Gasteiger partial charge in [-0.25, -0.2) is 0 Å². The molecule has 0 saturated carbocycles. The minimum Gasteiger partial charge on any atom is -0.454 e. The highest BCUT2D eigenvalue weighted by Gasteiger charge is 2.15. The van der Waals surface area contributed by atoms with E-state index < -0.39 is 10.2 Å². The van der Waals surface area contributed by atoms with E-state index >= 15 is 0 Å². The van der Waals surface area contributed by atoms with E-state index in [1.54, 1.807) is 18.2 Å². The highest BCUT2D eigenvalue weighted by Crippen LogP contribution is 2.34. The Morgan fingerprint density at radius 2 is 2.06 bits per heavy atom. The van der Waals surface area contributed by atoms with E-state index in [1.165, 1.54) is 0 Å². The van der Waals surface area contributed by atoms with Crippen LogP contribution in [-0.4, -0.2) is 28.3 Å². The molecule has 94 valence electrons. The van der Waals surface area contributed by atoms with Crippen molar-refractivity contribution in [3.05, 3.63) is 18.2 Å². The van der Waals surface area contributed by atoms with E-state index in [0.717, 1.165) is 0 Å². The number of hydrogen-bond donors (Lipinski definition) is 3. The number of rotatable bonds is 5. The van der Waals surface area contributed by atoms with Gasteiger partial charge in [-0.1, -0.05) is 0 Å². The molecule has 0 aromatic heterocycles. The van der Waals surface area contributed by atoms with Crippen LogP contribution >= 0.6 is 0 Å². The molecule has 8 heteroatoms. The number of ether oxygens (including phenoxy) is 2. The van der Waals surface area contributed by atoms with Crippen LogP contribution in [0.4, 0.5) is 5.69 Å². The van der Waals surface area contributed by atoms with Crippen LogP contribution < -0.4 is 24.7 Å². The lowest BCUT2D eigenvalue weighted by molar-refractivity contribution is 0.174. The van der Waals surface area contributed by atoms with Crippen molar-refractivity contribution < 1.29 is 17.9 Å². The maximum atomic E-state index is 11.5. The number of nitrogens with one attached hydrogen (secondary N) is 2. The molecular weight excluding hydrogens is 246 g/mol. The maximum Gasteiger partial charge on any atom is 0.299 e. The molecule has 4 N–H and O–H groups in total. The minimum absolute atomic E-state index is 0.150. The highest BCUT2D eigenvalue weighted by molar-refractivity contribution is 7.90. The molecule has 0 spiro atoms. The van der Waals surface area contributed by atoms with E-state index in [0.29, 0.717) is 17.2 Å². The van der Waals surface area contributed by atoms with Gasteiger partial charge in [0.15, 0.2) is 11.5 Å². The van der Waals surface area contributed by atoms with E-state index in [-0.39, 0.29) is 19.9 Å². The molecular formula is C9H13N3O4S. The zero-order valence-corrected chi connectivity index (χ0v) is 9.79. The first-order valence-corrected chi connectivity index (χ1v) is 6.46. The summed E-state index contributed by atoms with van der Waals surface area (Å²) < 4.78 is 37.9. The first-order chi connectivity index (χ1) is 8.11. The molecule has 0 aliphatic carbocycles. The molecule has 0 amide bonds. The third kappa shape index (κ3) is 2.99. The van der Waals surface area contributed by atoms with Gasteiger partial charge in [0, 0.05) is 19.2 Å². The smallest absolute Gasteiger partial charge is 0.299 e. The highest BCUT2D eigenvalue weighted by atomic mass is 32.2. The maximum absolute atomic E-state index is 11.5. The Labute approximate surface area is 99.1 Å². The first-order valence-electron chi connectivity index (χ1n) is 4.98. The summed E-state index contributed by atoms with van der Waals surface area (Å²) in [5, 5.41) is 0. The minimum atomic E-state index is -3.59. The first kappa shape index (κ1) is 12.0. The standard InChI is InChI=1S/C9H13N3O4S/c10-3-4-11-17(13,14)12-7-1-2-8-9(5-7)16-6-15-8/h1-2,5,11-12H,3-4,6,10H2. The average molecular weight is 259 g/mol. The third-order valence-electron chi connectivity index (χ3n) is 2.06. The molecule has 1 heterocycles. The van der Waals surface area contributed by atoms with Gasteiger partial charge in [-0.15, -0.1) is 0 Å². The molecule has 1 aliphatic heterocycles. The lowest BCUT2D eigenvalue weighted by atomic mass is 10.3. The number of fused-ring (bicyclic) bond motifs is 1. The Bertz CT molecular complexity index is 503. The second-order valence-corrected chi connectivity index (χ2v) is 4.86. The van der Waals surface area contributed by atoms with Crippen molar-refractivity contribution in [3.8, 4) is 11.5 Å². The summed E-state index contributed by atoms with van der Waals surface area (Å²) in [6.07, 6.45) is 0. The second kappa shape index (κ2) is 4.78. The molecule has 2 rings (SSSR count). The number of benzene rings is 1. The van der Waals surface area contributed by atoms with Crippen LogP contribution in [0.25, 0.3) is 0 Å². The zero-order chi connectivity index (χ0) is 12.3. The average Bonchev–Trinajstić information content (AvgIpc) is 2.73. The second-order valence-electron chi connectivity index (χ2n) is 3.36. The SMILES string of the molecule is NCCNS(=O)(=O)Nc1ccc2c(c1)OCO2. The molecule has 7 nitrogen and oxygen atoms in total. The van der Waals surface area contributed by atoms with Crippen LogP contribution in [0.1, 0.15) is 0 Å². The quantitative estimate of drug-likeness (QED) is 0.669. The zero-order valence-electron chi connectivity index (χ0n) is 8.97. The molecule has 0 unspecified atom stereocenters. The molecule has 0 atom stereocenters. The van der Waals surface area contributed by atoms with E-state index in [2.05, 4.69) is 9.44 Å². The fraction of sp³-hybridized carbons (Fsp3) is 0.333. The molecule has 0 saturated heterocycles. The van der Waals surface area contributed by atoms with Crippen molar-refractivity contribution in [1.29, 1.82) is 0 Å². The van der Waals surface area contributed by atoms with E-state index in [4.69, 9.17) is 15.2 Å². The predicted octanol–water partition coefficient (Wildman–Crippen LogP) is -0.380. The molecule has 0 fully saturated rings. The topological polar surface area (TPSA) is 103 Å². The molecule has 17 heavy (non-hydrogen) atoms. The Balaban J connectivity index is 2.09. The van der Waals surface area contributed by atoms with Crippen LogP contribution in [0.2, 0.25) is 0 Å². The van der Waals surface area contributed by atoms with Gasteiger partial charge in [-0.05, 0) is 12.1 Å². The van der Waals surface area contributed by atoms with Crippen molar-refractivity contribution in [3.63, 3.8) is 0 Å². The van der Waals surface area contributed by atoms with Gasteiger partial charge >= 0.3 is 0 Å². The van der Waals surface area contributed by atoms with E-state index in [1.807, 2.05) is 0 Å². The summed E-state index contributed by atoms with van der Waals surface area (Å²) in [6, 6.07) is 4.79. The number of anilines is 1. The molecule has 1 aromatic rings. The van der Waals surface area contributed by atoms with Gasteiger partial charge in [0.2, 0.25) is 6.79 Å². The fourth-order valence-electron chi connectivity index (χ4n) is 1.34. The van der Waals surface area contributed by atoms with Crippen molar-refractivity contribution >= 4 is 15.9 Å². The predicted molar refractivity (Wildman–Crippen MR) is 62.2 cm³/mol. The van der Waals surface area contributed by atoms with Crippen molar-refractivity contribution in [1.82, 2.24) is 4.72 Å². The van der Waals surface area contributed by atoms with Crippen molar-refractivity contribution in [2.75, 3.05) is 24.6 Å². The largest absolute Gasteiger partial charge is 0.454 e. The van der Waals surface area contributed by atoms with Gasteiger partial charge in [0.1, 0.15) is 0 Å². The summed E-state index contributed by atoms with van der Waals surface area (Å²) >= 11 is 0. The van der Waals surface area contributed by atoms with Crippen LogP contribution in [0.5, 0.6) is 11.5 Å². The Morgan fingerprint density at radius 1 is 1.29 bits per heavy atom. The Morgan fingerprint density at radius 3 is 2.82 bits per heavy atom. The lowest BCUT2D eigenvalue weighted by Crippen LogP contribution is -2.33. The third-order valence-corrected chi connectivity index (χ3v) is 3.15. The summed E-state index contributed by atoms with van der Waals surface area (Å²) in [4.78, 5) is 0. The molecule has 1 aliphatic rings. The van der Waals surface area contributed by atoms with Crippen LogP contribution in [-0.2, 0) is 10.2 Å². The summed E-state index contributed by atoms with van der Waals surface area (Å²) in [5.74, 6) is 1.12. The van der Waals surface area contributed by atoms with Crippen molar-refractivity contribution in [2.24, 2.45) is 5.73 Å². The van der Waals surface area contributed by atoms with Crippen LogP contribution in [0, 0.1) is 0 Å². The summed E-state index contributed by atoms with van der Waals surface area (Å²) in [7, 11) is -3.59.